The Kier molecular flexibility index (Phi) is 4.13. The van der Waals surface area contributed by atoms with E-state index >= 15 is 0 Å². The normalized spacial score (nSPS) is 29.0. The van der Waals surface area contributed by atoms with Crippen molar-refractivity contribution >= 4 is 11.6 Å². The summed E-state index contributed by atoms with van der Waals surface area (Å²) in [5, 5.41) is 9.92. The van der Waals surface area contributed by atoms with Crippen molar-refractivity contribution in [3.8, 4) is 0 Å². The van der Waals surface area contributed by atoms with Crippen LogP contribution in [-0.2, 0) is 9.59 Å². The molecular weight excluding hydrogens is 216 g/mol. The average Bonchev–Trinajstić information content (AvgIpc) is 2.50. The van der Waals surface area contributed by atoms with Gasteiger partial charge in [-0.2, -0.15) is 0 Å². The summed E-state index contributed by atoms with van der Waals surface area (Å²) in [6, 6.07) is 0. The van der Waals surface area contributed by atoms with Crippen LogP contribution in [0, 0.1) is 10.8 Å². The van der Waals surface area contributed by atoms with Gasteiger partial charge in [0.05, 0.1) is 0 Å². The molecule has 98 valence electrons. The monoisotopic (exact) mass is 240 g/mol. The maximum atomic E-state index is 12.3. The maximum Gasteiger partial charge on any atom is 0.167 e. The first-order valence-electron chi connectivity index (χ1n) is 6.42. The third-order valence-corrected chi connectivity index (χ3v) is 4.59. The van der Waals surface area contributed by atoms with Gasteiger partial charge in [-0.05, 0) is 31.6 Å². The van der Waals surface area contributed by atoms with Gasteiger partial charge >= 0.3 is 0 Å². The number of rotatable bonds is 5. The molecule has 1 unspecified atom stereocenters. The summed E-state index contributed by atoms with van der Waals surface area (Å²) in [5.41, 5.74) is -0.496. The van der Waals surface area contributed by atoms with Crippen molar-refractivity contribution in [3.63, 3.8) is 0 Å². The summed E-state index contributed by atoms with van der Waals surface area (Å²) in [6.45, 7) is 7.63. The first kappa shape index (κ1) is 14.4. The Balaban J connectivity index is 2.72. The molecule has 3 nitrogen and oxygen atoms in total. The Hall–Kier alpha value is -0.700. The molecule has 0 heterocycles. The van der Waals surface area contributed by atoms with Crippen molar-refractivity contribution < 1.29 is 14.7 Å². The SMILES string of the molecule is CC(=O)CCC(O)C(=O)[C@@]1(C)CCCC1(C)C. The fourth-order valence-electron chi connectivity index (χ4n) is 2.79. The number of hydrogen-bond donors (Lipinski definition) is 1. The molecular formula is C14H24O3. The molecule has 0 radical (unpaired) electrons. The Morgan fingerprint density at radius 1 is 1.24 bits per heavy atom. The number of carbonyl (C=O) groups is 2. The maximum absolute atomic E-state index is 12.3. The molecule has 0 spiro atoms. The quantitative estimate of drug-likeness (QED) is 0.803. The van der Waals surface area contributed by atoms with Crippen LogP contribution in [0.5, 0.6) is 0 Å². The van der Waals surface area contributed by atoms with Crippen LogP contribution in [0.2, 0.25) is 0 Å². The molecule has 3 heteroatoms. The van der Waals surface area contributed by atoms with Crippen LogP contribution >= 0.6 is 0 Å². The second-order valence-electron chi connectivity index (χ2n) is 6.19. The second-order valence-corrected chi connectivity index (χ2v) is 6.19. The summed E-state index contributed by atoms with van der Waals surface area (Å²) in [5.74, 6) is -0.0612. The smallest absolute Gasteiger partial charge is 0.167 e. The summed E-state index contributed by atoms with van der Waals surface area (Å²) >= 11 is 0. The fraction of sp³-hybridized carbons (Fsp3) is 0.857. The van der Waals surface area contributed by atoms with Crippen molar-refractivity contribution in [2.45, 2.75) is 65.9 Å². The number of aliphatic hydroxyl groups is 1. The highest BCUT2D eigenvalue weighted by Gasteiger charge is 2.51. The highest BCUT2D eigenvalue weighted by molar-refractivity contribution is 5.90. The Labute approximate surface area is 104 Å². The molecule has 0 bridgehead atoms. The predicted molar refractivity (Wildman–Crippen MR) is 66.7 cm³/mol. The second kappa shape index (κ2) is 4.89. The molecule has 0 aromatic heterocycles. The lowest BCUT2D eigenvalue weighted by molar-refractivity contribution is -0.142. The van der Waals surface area contributed by atoms with Crippen LogP contribution in [0.3, 0.4) is 0 Å². The molecule has 1 saturated carbocycles. The van der Waals surface area contributed by atoms with Gasteiger partial charge in [-0.25, -0.2) is 0 Å². The number of ketones is 2. The van der Waals surface area contributed by atoms with Gasteiger partial charge in [0, 0.05) is 11.8 Å². The summed E-state index contributed by atoms with van der Waals surface area (Å²) in [6.07, 6.45) is 2.46. The Morgan fingerprint density at radius 3 is 2.24 bits per heavy atom. The molecule has 17 heavy (non-hydrogen) atoms. The van der Waals surface area contributed by atoms with Crippen LogP contribution < -0.4 is 0 Å². The predicted octanol–water partition coefficient (Wildman–Crippen LogP) is 2.50. The minimum Gasteiger partial charge on any atom is -0.385 e. The summed E-state index contributed by atoms with van der Waals surface area (Å²) < 4.78 is 0. The third-order valence-electron chi connectivity index (χ3n) is 4.59. The van der Waals surface area contributed by atoms with E-state index in [2.05, 4.69) is 13.8 Å². The molecule has 1 N–H and O–H groups in total. The van der Waals surface area contributed by atoms with Crippen LogP contribution in [0.15, 0.2) is 0 Å². The van der Waals surface area contributed by atoms with E-state index < -0.39 is 11.5 Å². The number of carbonyl (C=O) groups excluding carboxylic acids is 2. The van der Waals surface area contributed by atoms with Gasteiger partial charge in [-0.3, -0.25) is 4.79 Å². The van der Waals surface area contributed by atoms with E-state index in [4.69, 9.17) is 0 Å². The molecule has 0 saturated heterocycles. The molecule has 0 aromatic carbocycles. The van der Waals surface area contributed by atoms with Gasteiger partial charge in [0.2, 0.25) is 0 Å². The molecule has 0 aliphatic heterocycles. The van der Waals surface area contributed by atoms with Gasteiger partial charge in [0.25, 0.3) is 0 Å². The molecule has 0 amide bonds. The molecule has 1 aliphatic carbocycles. The molecule has 1 rings (SSSR count). The minimum absolute atomic E-state index is 0.0210. The van der Waals surface area contributed by atoms with E-state index in [0.29, 0.717) is 0 Å². The average molecular weight is 240 g/mol. The first-order chi connectivity index (χ1) is 7.71. The third kappa shape index (κ3) is 2.76. The van der Waals surface area contributed by atoms with Gasteiger partial charge in [-0.1, -0.05) is 27.2 Å². The van der Waals surface area contributed by atoms with E-state index in [-0.39, 0.29) is 29.8 Å². The van der Waals surface area contributed by atoms with E-state index in [9.17, 15) is 14.7 Å². The lowest BCUT2D eigenvalue weighted by atomic mass is 9.65. The highest BCUT2D eigenvalue weighted by atomic mass is 16.3. The molecule has 0 aromatic rings. The van der Waals surface area contributed by atoms with E-state index in [1.807, 2.05) is 6.92 Å². The summed E-state index contributed by atoms with van der Waals surface area (Å²) in [7, 11) is 0. The largest absolute Gasteiger partial charge is 0.385 e. The van der Waals surface area contributed by atoms with Gasteiger partial charge in [-0.15, -0.1) is 0 Å². The van der Waals surface area contributed by atoms with E-state index in [1.54, 1.807) is 0 Å². The Bertz CT molecular complexity index is 319. The van der Waals surface area contributed by atoms with Gasteiger partial charge in [0.1, 0.15) is 11.9 Å². The van der Waals surface area contributed by atoms with Crippen LogP contribution in [0.25, 0.3) is 0 Å². The first-order valence-corrected chi connectivity index (χ1v) is 6.42. The Morgan fingerprint density at radius 2 is 1.82 bits per heavy atom. The number of Topliss-reactive ketones (excluding diaryl/α,β-unsaturated/α-hetero) is 2. The standard InChI is InChI=1S/C14H24O3/c1-10(15)6-7-11(16)12(17)14(4)9-5-8-13(14,2)3/h11,16H,5-9H2,1-4H3/t11?,14-/m1/s1. The van der Waals surface area contributed by atoms with Crippen LogP contribution in [0.1, 0.15) is 59.8 Å². The van der Waals surface area contributed by atoms with Crippen molar-refractivity contribution in [2.75, 3.05) is 0 Å². The minimum atomic E-state index is -0.985. The zero-order valence-electron chi connectivity index (χ0n) is 11.4. The number of aliphatic hydroxyl groups excluding tert-OH is 1. The van der Waals surface area contributed by atoms with Crippen molar-refractivity contribution in [1.82, 2.24) is 0 Å². The van der Waals surface area contributed by atoms with Crippen molar-refractivity contribution in [2.24, 2.45) is 10.8 Å². The van der Waals surface area contributed by atoms with Gasteiger partial charge in [0.15, 0.2) is 5.78 Å². The summed E-state index contributed by atoms with van der Waals surface area (Å²) in [4.78, 5) is 23.2. The number of hydrogen-bond acceptors (Lipinski definition) is 3. The van der Waals surface area contributed by atoms with Crippen molar-refractivity contribution in [3.05, 3.63) is 0 Å². The molecule has 1 fully saturated rings. The highest BCUT2D eigenvalue weighted by Crippen LogP contribution is 2.53. The van der Waals surface area contributed by atoms with E-state index in [1.165, 1.54) is 6.92 Å². The fourth-order valence-corrected chi connectivity index (χ4v) is 2.79. The molecule has 1 aliphatic rings. The van der Waals surface area contributed by atoms with Crippen LogP contribution in [0.4, 0.5) is 0 Å². The zero-order chi connectivity index (χ0) is 13.3. The lowest BCUT2D eigenvalue weighted by Gasteiger charge is -2.38. The van der Waals surface area contributed by atoms with Crippen molar-refractivity contribution in [1.29, 1.82) is 0 Å². The zero-order valence-corrected chi connectivity index (χ0v) is 11.4. The topological polar surface area (TPSA) is 54.4 Å². The molecule has 2 atom stereocenters. The van der Waals surface area contributed by atoms with Crippen LogP contribution in [-0.4, -0.2) is 22.8 Å². The van der Waals surface area contributed by atoms with E-state index in [0.717, 1.165) is 19.3 Å². The van der Waals surface area contributed by atoms with Gasteiger partial charge < -0.3 is 9.90 Å². The lowest BCUT2D eigenvalue weighted by Crippen LogP contribution is -2.43.